The van der Waals surface area contributed by atoms with Crippen molar-refractivity contribution in [3.8, 4) is 0 Å². The highest BCUT2D eigenvalue weighted by molar-refractivity contribution is 5.86. The lowest BCUT2D eigenvalue weighted by Gasteiger charge is -2.31. The smallest absolute Gasteiger partial charge is 0.240 e. The molecule has 16 heavy (non-hydrogen) atoms. The van der Waals surface area contributed by atoms with Gasteiger partial charge in [0.1, 0.15) is 0 Å². The maximum absolute atomic E-state index is 11.9. The average Bonchev–Trinajstić information content (AvgIpc) is 3.09. The predicted octanol–water partition coefficient (Wildman–Crippen LogP) is 0.801. The van der Waals surface area contributed by atoms with Crippen molar-refractivity contribution in [3.63, 3.8) is 0 Å². The van der Waals surface area contributed by atoms with Gasteiger partial charge in [-0.1, -0.05) is 12.8 Å². The Kier molecular flexibility index (Phi) is 3.82. The van der Waals surface area contributed by atoms with E-state index in [2.05, 4.69) is 5.32 Å². The number of nitrogens with two attached hydrogens (primary N) is 1. The SMILES string of the molecule is NC1(C(=O)NCCCC2CC2)CCOCC1. The largest absolute Gasteiger partial charge is 0.381 e. The number of hydrogen-bond donors (Lipinski definition) is 2. The van der Waals surface area contributed by atoms with E-state index in [0.29, 0.717) is 26.1 Å². The van der Waals surface area contributed by atoms with Gasteiger partial charge in [0.15, 0.2) is 0 Å². The maximum atomic E-state index is 11.9. The number of hydrogen-bond acceptors (Lipinski definition) is 3. The second-order valence-electron chi connectivity index (χ2n) is 5.11. The highest BCUT2D eigenvalue weighted by Crippen LogP contribution is 2.33. The van der Waals surface area contributed by atoms with Crippen LogP contribution in [-0.2, 0) is 9.53 Å². The first-order chi connectivity index (χ1) is 7.71. The molecule has 3 N–H and O–H groups in total. The minimum Gasteiger partial charge on any atom is -0.381 e. The van der Waals surface area contributed by atoms with Crippen LogP contribution in [0.2, 0.25) is 0 Å². The van der Waals surface area contributed by atoms with Crippen molar-refractivity contribution in [2.75, 3.05) is 19.8 Å². The monoisotopic (exact) mass is 226 g/mol. The van der Waals surface area contributed by atoms with Crippen LogP contribution in [0.4, 0.5) is 0 Å². The topological polar surface area (TPSA) is 64.4 Å². The molecule has 4 heteroatoms. The lowest BCUT2D eigenvalue weighted by atomic mass is 9.90. The van der Waals surface area contributed by atoms with Crippen LogP contribution in [0.5, 0.6) is 0 Å². The molecule has 0 aromatic rings. The van der Waals surface area contributed by atoms with Gasteiger partial charge in [-0.2, -0.15) is 0 Å². The summed E-state index contributed by atoms with van der Waals surface area (Å²) in [5.41, 5.74) is 5.38. The van der Waals surface area contributed by atoms with E-state index < -0.39 is 5.54 Å². The normalized spacial score (nSPS) is 24.1. The molecule has 2 fully saturated rings. The van der Waals surface area contributed by atoms with Gasteiger partial charge in [0, 0.05) is 19.8 Å². The average molecular weight is 226 g/mol. The van der Waals surface area contributed by atoms with Crippen LogP contribution in [0.3, 0.4) is 0 Å². The second-order valence-corrected chi connectivity index (χ2v) is 5.11. The minimum atomic E-state index is -0.683. The molecule has 1 saturated heterocycles. The zero-order chi connectivity index (χ0) is 11.4. The van der Waals surface area contributed by atoms with Crippen LogP contribution in [0.25, 0.3) is 0 Å². The van der Waals surface area contributed by atoms with Crippen molar-refractivity contribution in [1.82, 2.24) is 5.32 Å². The molecule has 0 spiro atoms. The Morgan fingerprint density at radius 3 is 2.69 bits per heavy atom. The van der Waals surface area contributed by atoms with E-state index in [1.54, 1.807) is 0 Å². The number of rotatable bonds is 5. The van der Waals surface area contributed by atoms with Gasteiger partial charge in [-0.15, -0.1) is 0 Å². The zero-order valence-electron chi connectivity index (χ0n) is 9.84. The summed E-state index contributed by atoms with van der Waals surface area (Å²) < 4.78 is 5.22. The number of carbonyl (C=O) groups is 1. The van der Waals surface area contributed by atoms with E-state index in [4.69, 9.17) is 10.5 Å². The summed E-state index contributed by atoms with van der Waals surface area (Å²) >= 11 is 0. The molecule has 2 rings (SSSR count). The molecule has 4 nitrogen and oxygen atoms in total. The van der Waals surface area contributed by atoms with E-state index >= 15 is 0 Å². The third-order valence-corrected chi connectivity index (χ3v) is 3.61. The fourth-order valence-corrected chi connectivity index (χ4v) is 2.14. The summed E-state index contributed by atoms with van der Waals surface area (Å²) in [4.78, 5) is 11.9. The molecular weight excluding hydrogens is 204 g/mol. The molecule has 92 valence electrons. The van der Waals surface area contributed by atoms with Crippen molar-refractivity contribution < 1.29 is 9.53 Å². The highest BCUT2D eigenvalue weighted by atomic mass is 16.5. The Bertz CT molecular complexity index is 245. The fourth-order valence-electron chi connectivity index (χ4n) is 2.14. The first-order valence-corrected chi connectivity index (χ1v) is 6.36. The van der Waals surface area contributed by atoms with Gasteiger partial charge in [0.25, 0.3) is 0 Å². The number of ether oxygens (including phenoxy) is 1. The standard InChI is InChI=1S/C12H22N2O2/c13-12(5-8-16-9-6-12)11(15)14-7-1-2-10-3-4-10/h10H,1-9,13H2,(H,14,15). The molecule has 1 aliphatic heterocycles. The first kappa shape index (κ1) is 11.9. The van der Waals surface area contributed by atoms with Gasteiger partial charge in [0.2, 0.25) is 5.91 Å². The van der Waals surface area contributed by atoms with E-state index in [1.165, 1.54) is 19.3 Å². The molecule has 1 saturated carbocycles. The van der Waals surface area contributed by atoms with Crippen molar-refractivity contribution in [1.29, 1.82) is 0 Å². The second kappa shape index (κ2) is 5.15. The van der Waals surface area contributed by atoms with E-state index in [0.717, 1.165) is 18.9 Å². The summed E-state index contributed by atoms with van der Waals surface area (Å²) in [5, 5.41) is 2.96. The Morgan fingerprint density at radius 1 is 1.38 bits per heavy atom. The van der Waals surface area contributed by atoms with Crippen LogP contribution < -0.4 is 11.1 Å². The molecular formula is C12H22N2O2. The van der Waals surface area contributed by atoms with Crippen molar-refractivity contribution in [2.45, 2.75) is 44.1 Å². The molecule has 0 bridgehead atoms. The van der Waals surface area contributed by atoms with Crippen LogP contribution in [-0.4, -0.2) is 31.2 Å². The van der Waals surface area contributed by atoms with Crippen LogP contribution in [0.15, 0.2) is 0 Å². The predicted molar refractivity (Wildman–Crippen MR) is 61.9 cm³/mol. The Balaban J connectivity index is 1.64. The van der Waals surface area contributed by atoms with E-state index in [1.807, 2.05) is 0 Å². The lowest BCUT2D eigenvalue weighted by Crippen LogP contribution is -2.57. The summed E-state index contributed by atoms with van der Waals surface area (Å²) in [6.45, 7) is 1.98. The summed E-state index contributed by atoms with van der Waals surface area (Å²) in [6, 6.07) is 0. The molecule has 1 amide bonds. The van der Waals surface area contributed by atoms with E-state index in [9.17, 15) is 4.79 Å². The first-order valence-electron chi connectivity index (χ1n) is 6.36. The molecule has 1 aliphatic carbocycles. The van der Waals surface area contributed by atoms with Crippen molar-refractivity contribution >= 4 is 5.91 Å². The summed E-state index contributed by atoms with van der Waals surface area (Å²) in [5.74, 6) is 0.943. The third kappa shape index (κ3) is 3.19. The Morgan fingerprint density at radius 2 is 2.06 bits per heavy atom. The molecule has 0 radical (unpaired) electrons. The molecule has 2 aliphatic rings. The highest BCUT2D eigenvalue weighted by Gasteiger charge is 2.35. The molecule has 0 aromatic carbocycles. The minimum absolute atomic E-state index is 0.00611. The molecule has 0 unspecified atom stereocenters. The van der Waals surface area contributed by atoms with Gasteiger partial charge in [-0.05, 0) is 31.6 Å². The molecule has 1 heterocycles. The molecule has 0 atom stereocenters. The van der Waals surface area contributed by atoms with Gasteiger partial charge in [0.05, 0.1) is 5.54 Å². The maximum Gasteiger partial charge on any atom is 0.240 e. The van der Waals surface area contributed by atoms with Gasteiger partial charge < -0.3 is 15.8 Å². The third-order valence-electron chi connectivity index (χ3n) is 3.61. The quantitative estimate of drug-likeness (QED) is 0.682. The Labute approximate surface area is 96.9 Å². The lowest BCUT2D eigenvalue weighted by molar-refractivity contribution is -0.129. The van der Waals surface area contributed by atoms with Crippen LogP contribution in [0.1, 0.15) is 38.5 Å². The number of nitrogens with one attached hydrogen (secondary N) is 1. The van der Waals surface area contributed by atoms with Crippen molar-refractivity contribution in [3.05, 3.63) is 0 Å². The zero-order valence-corrected chi connectivity index (χ0v) is 9.84. The fraction of sp³-hybridized carbons (Fsp3) is 0.917. The van der Waals surface area contributed by atoms with Crippen molar-refractivity contribution in [2.24, 2.45) is 11.7 Å². The van der Waals surface area contributed by atoms with Gasteiger partial charge >= 0.3 is 0 Å². The number of carbonyl (C=O) groups excluding carboxylic acids is 1. The summed E-state index contributed by atoms with van der Waals surface area (Å²) in [6.07, 6.45) is 6.38. The van der Waals surface area contributed by atoms with Crippen LogP contribution >= 0.6 is 0 Å². The Hall–Kier alpha value is -0.610. The van der Waals surface area contributed by atoms with Crippen LogP contribution in [0, 0.1) is 5.92 Å². The van der Waals surface area contributed by atoms with Gasteiger partial charge in [-0.25, -0.2) is 0 Å². The van der Waals surface area contributed by atoms with E-state index in [-0.39, 0.29) is 5.91 Å². The summed E-state index contributed by atoms with van der Waals surface area (Å²) in [7, 11) is 0. The number of amides is 1. The van der Waals surface area contributed by atoms with Gasteiger partial charge in [-0.3, -0.25) is 4.79 Å². The molecule has 0 aromatic heterocycles.